The first-order valence-corrected chi connectivity index (χ1v) is 7.42. The van der Waals surface area contributed by atoms with Gasteiger partial charge in [-0.1, -0.05) is 36.4 Å². The Morgan fingerprint density at radius 1 is 0.955 bits per heavy atom. The lowest BCUT2D eigenvalue weighted by Crippen LogP contribution is -2.12. The fourth-order valence-corrected chi connectivity index (χ4v) is 3.12. The Labute approximate surface area is 128 Å². The minimum absolute atomic E-state index is 0.178. The van der Waals surface area contributed by atoms with E-state index in [2.05, 4.69) is 34.2 Å². The number of aromatic nitrogens is 2. The molecule has 1 atom stereocenters. The van der Waals surface area contributed by atoms with Crippen LogP contribution in [0.25, 0.3) is 21.8 Å². The van der Waals surface area contributed by atoms with Crippen LogP contribution in [0.15, 0.2) is 60.8 Å². The van der Waals surface area contributed by atoms with Crippen molar-refractivity contribution in [3.05, 3.63) is 77.6 Å². The molecule has 0 saturated heterocycles. The van der Waals surface area contributed by atoms with Crippen molar-refractivity contribution >= 4 is 21.8 Å². The first-order chi connectivity index (χ1) is 10.7. The fraction of sp³-hybridized carbons (Fsp3) is 0.105. The van der Waals surface area contributed by atoms with Crippen molar-refractivity contribution in [2.24, 2.45) is 5.73 Å². The third-order valence-electron chi connectivity index (χ3n) is 4.17. The molecule has 3 N–H and O–H groups in total. The molecule has 0 saturated carbocycles. The molecule has 0 aliphatic heterocycles. The van der Waals surface area contributed by atoms with Crippen LogP contribution in [0.2, 0.25) is 0 Å². The first-order valence-electron chi connectivity index (χ1n) is 7.42. The number of aromatic amines is 1. The van der Waals surface area contributed by atoms with Crippen molar-refractivity contribution < 1.29 is 0 Å². The predicted octanol–water partition coefficient (Wildman–Crippen LogP) is 4.07. The van der Waals surface area contributed by atoms with Gasteiger partial charge in [0, 0.05) is 28.2 Å². The highest BCUT2D eigenvalue weighted by molar-refractivity contribution is 5.87. The maximum absolute atomic E-state index is 6.61. The number of para-hydroxylation sites is 2. The SMILES string of the molecule is Cc1cc(C(N)c2c[nH]c3ccccc23)c2ccccc2n1. The van der Waals surface area contributed by atoms with Gasteiger partial charge in [0.1, 0.15) is 0 Å². The number of aryl methyl sites for hydroxylation is 1. The molecule has 4 rings (SSSR count). The molecule has 0 amide bonds. The van der Waals surface area contributed by atoms with Gasteiger partial charge in [-0.25, -0.2) is 0 Å². The summed E-state index contributed by atoms with van der Waals surface area (Å²) in [6.07, 6.45) is 2.01. The second kappa shape index (κ2) is 4.97. The zero-order valence-corrected chi connectivity index (χ0v) is 12.4. The van der Waals surface area contributed by atoms with E-state index in [1.807, 2.05) is 43.5 Å². The molecule has 3 heteroatoms. The van der Waals surface area contributed by atoms with E-state index < -0.39 is 0 Å². The summed E-state index contributed by atoms with van der Waals surface area (Å²) in [6, 6.07) is 18.3. The van der Waals surface area contributed by atoms with Crippen LogP contribution in [0.3, 0.4) is 0 Å². The summed E-state index contributed by atoms with van der Waals surface area (Å²) in [5.41, 5.74) is 11.9. The van der Waals surface area contributed by atoms with Crippen LogP contribution in [0.5, 0.6) is 0 Å². The molecule has 0 aliphatic rings. The van der Waals surface area contributed by atoms with E-state index in [9.17, 15) is 0 Å². The second-order valence-electron chi connectivity index (χ2n) is 5.64. The molecule has 108 valence electrons. The van der Waals surface area contributed by atoms with Gasteiger partial charge in [0.15, 0.2) is 0 Å². The van der Waals surface area contributed by atoms with Gasteiger partial charge in [-0.05, 0) is 36.2 Å². The Morgan fingerprint density at radius 3 is 2.55 bits per heavy atom. The number of rotatable bonds is 2. The Kier molecular flexibility index (Phi) is 2.94. The largest absolute Gasteiger partial charge is 0.361 e. The highest BCUT2D eigenvalue weighted by Crippen LogP contribution is 2.31. The van der Waals surface area contributed by atoms with Gasteiger partial charge in [-0.3, -0.25) is 4.98 Å². The maximum Gasteiger partial charge on any atom is 0.0708 e. The van der Waals surface area contributed by atoms with E-state index in [1.54, 1.807) is 0 Å². The lowest BCUT2D eigenvalue weighted by molar-refractivity contribution is 0.884. The van der Waals surface area contributed by atoms with Crippen molar-refractivity contribution in [1.82, 2.24) is 9.97 Å². The molecular formula is C19H17N3. The minimum Gasteiger partial charge on any atom is -0.361 e. The van der Waals surface area contributed by atoms with Gasteiger partial charge in [0.25, 0.3) is 0 Å². The summed E-state index contributed by atoms with van der Waals surface area (Å²) in [5.74, 6) is 0. The quantitative estimate of drug-likeness (QED) is 0.584. The molecule has 2 heterocycles. The number of H-pyrrole nitrogens is 1. The maximum atomic E-state index is 6.61. The van der Waals surface area contributed by atoms with Crippen molar-refractivity contribution in [1.29, 1.82) is 0 Å². The summed E-state index contributed by atoms with van der Waals surface area (Å²) >= 11 is 0. The van der Waals surface area contributed by atoms with Crippen molar-refractivity contribution in [3.8, 4) is 0 Å². The summed E-state index contributed by atoms with van der Waals surface area (Å²) in [5, 5.41) is 2.29. The van der Waals surface area contributed by atoms with Crippen LogP contribution in [-0.2, 0) is 0 Å². The van der Waals surface area contributed by atoms with E-state index in [1.165, 1.54) is 5.39 Å². The van der Waals surface area contributed by atoms with E-state index in [-0.39, 0.29) is 6.04 Å². The van der Waals surface area contributed by atoms with E-state index in [4.69, 9.17) is 5.73 Å². The molecule has 0 aliphatic carbocycles. The summed E-state index contributed by atoms with van der Waals surface area (Å²) < 4.78 is 0. The standard InChI is InChI=1S/C19H17N3/c1-12-10-15(13-6-3-5-9-18(13)22-12)19(20)16-11-21-17-8-4-2-7-14(16)17/h2-11,19,21H,20H2,1H3. The molecule has 4 aromatic rings. The molecule has 3 nitrogen and oxygen atoms in total. The van der Waals surface area contributed by atoms with Gasteiger partial charge in [0.05, 0.1) is 11.6 Å². The zero-order chi connectivity index (χ0) is 15.1. The van der Waals surface area contributed by atoms with Crippen molar-refractivity contribution in [2.45, 2.75) is 13.0 Å². The number of nitrogens with two attached hydrogens (primary N) is 1. The minimum atomic E-state index is -0.178. The number of benzene rings is 2. The summed E-state index contributed by atoms with van der Waals surface area (Å²) in [6.45, 7) is 2.01. The van der Waals surface area contributed by atoms with E-state index in [0.717, 1.165) is 33.2 Å². The average molecular weight is 287 g/mol. The molecule has 1 unspecified atom stereocenters. The number of pyridine rings is 1. The molecule has 2 aromatic carbocycles. The Balaban J connectivity index is 1.95. The number of nitrogens with zero attached hydrogens (tertiary/aromatic N) is 1. The van der Waals surface area contributed by atoms with Gasteiger partial charge in [0.2, 0.25) is 0 Å². The molecule has 0 bridgehead atoms. The highest BCUT2D eigenvalue weighted by atomic mass is 14.7. The van der Waals surface area contributed by atoms with E-state index >= 15 is 0 Å². The normalized spacial score (nSPS) is 12.8. The Bertz CT molecular complexity index is 969. The van der Waals surface area contributed by atoms with Crippen LogP contribution in [0.4, 0.5) is 0 Å². The monoisotopic (exact) mass is 287 g/mol. The molecule has 22 heavy (non-hydrogen) atoms. The van der Waals surface area contributed by atoms with Gasteiger partial charge in [-0.15, -0.1) is 0 Å². The van der Waals surface area contributed by atoms with Gasteiger partial charge >= 0.3 is 0 Å². The topological polar surface area (TPSA) is 54.7 Å². The van der Waals surface area contributed by atoms with E-state index in [0.29, 0.717) is 0 Å². The number of nitrogens with one attached hydrogen (secondary N) is 1. The Hall–Kier alpha value is -2.65. The number of hydrogen-bond acceptors (Lipinski definition) is 2. The predicted molar refractivity (Wildman–Crippen MR) is 90.8 cm³/mol. The van der Waals surface area contributed by atoms with Gasteiger partial charge in [-0.2, -0.15) is 0 Å². The highest BCUT2D eigenvalue weighted by Gasteiger charge is 2.16. The number of fused-ring (bicyclic) bond motifs is 2. The number of hydrogen-bond donors (Lipinski definition) is 2. The van der Waals surface area contributed by atoms with Crippen LogP contribution in [0, 0.1) is 6.92 Å². The van der Waals surface area contributed by atoms with Crippen LogP contribution in [0.1, 0.15) is 22.9 Å². The lowest BCUT2D eigenvalue weighted by Gasteiger charge is -2.15. The third-order valence-corrected chi connectivity index (χ3v) is 4.17. The smallest absolute Gasteiger partial charge is 0.0708 e. The second-order valence-corrected chi connectivity index (χ2v) is 5.64. The lowest BCUT2D eigenvalue weighted by atomic mass is 9.95. The Morgan fingerprint density at radius 2 is 1.68 bits per heavy atom. The molecule has 2 aromatic heterocycles. The first kappa shape index (κ1) is 13.0. The van der Waals surface area contributed by atoms with Gasteiger partial charge < -0.3 is 10.7 Å². The molecule has 0 radical (unpaired) electrons. The molecule has 0 fully saturated rings. The molecular weight excluding hydrogens is 270 g/mol. The fourth-order valence-electron chi connectivity index (χ4n) is 3.12. The summed E-state index contributed by atoms with van der Waals surface area (Å²) in [7, 11) is 0. The molecule has 0 spiro atoms. The average Bonchev–Trinajstić information content (AvgIpc) is 2.97. The third kappa shape index (κ3) is 1.98. The van der Waals surface area contributed by atoms with Crippen LogP contribution >= 0.6 is 0 Å². The zero-order valence-electron chi connectivity index (χ0n) is 12.4. The van der Waals surface area contributed by atoms with Crippen molar-refractivity contribution in [3.63, 3.8) is 0 Å². The summed E-state index contributed by atoms with van der Waals surface area (Å²) in [4.78, 5) is 7.90. The van der Waals surface area contributed by atoms with Crippen LogP contribution in [-0.4, -0.2) is 9.97 Å². The van der Waals surface area contributed by atoms with Crippen molar-refractivity contribution in [2.75, 3.05) is 0 Å². The van der Waals surface area contributed by atoms with Crippen LogP contribution < -0.4 is 5.73 Å².